The van der Waals surface area contributed by atoms with Crippen molar-refractivity contribution in [2.24, 2.45) is 5.92 Å². The van der Waals surface area contributed by atoms with Gasteiger partial charge in [0.1, 0.15) is 17.4 Å². The molecule has 0 unspecified atom stereocenters. The Kier molecular flexibility index (Phi) is 4.78. The first-order valence-corrected chi connectivity index (χ1v) is 7.27. The Morgan fingerprint density at radius 1 is 1.24 bits per heavy atom. The number of rotatable bonds is 4. The van der Waals surface area contributed by atoms with E-state index in [1.54, 1.807) is 13.8 Å². The van der Waals surface area contributed by atoms with Crippen LogP contribution in [0.25, 0.3) is 5.76 Å². The normalized spacial score (nSPS) is 22.0. The Balaban J connectivity index is 2.54. The van der Waals surface area contributed by atoms with Crippen molar-refractivity contribution in [1.82, 2.24) is 0 Å². The molecule has 0 fully saturated rings. The fourth-order valence-corrected chi connectivity index (χ4v) is 2.46. The Morgan fingerprint density at radius 3 is 2.48 bits per heavy atom. The van der Waals surface area contributed by atoms with Crippen molar-refractivity contribution in [2.45, 2.75) is 33.3 Å². The number of ether oxygens (including phenoxy) is 2. The average molecular weight is 288 g/mol. The molecule has 0 amide bonds. The molecule has 1 aromatic carbocycles. The van der Waals surface area contributed by atoms with Gasteiger partial charge in [-0.05, 0) is 13.3 Å². The van der Waals surface area contributed by atoms with Gasteiger partial charge in [0.25, 0.3) is 0 Å². The van der Waals surface area contributed by atoms with E-state index < -0.39 is 5.97 Å². The SMILES string of the molecule is CCOC(=O)C1=C(c2ccccc2)O[C@@H](CC)[C@H](C)C1=O. The first-order valence-electron chi connectivity index (χ1n) is 7.27. The van der Waals surface area contributed by atoms with Gasteiger partial charge in [0.05, 0.1) is 12.5 Å². The Labute approximate surface area is 124 Å². The number of Topliss-reactive ketones (excluding diaryl/α,β-unsaturated/α-hetero) is 1. The number of hydrogen-bond acceptors (Lipinski definition) is 4. The molecule has 0 spiro atoms. The van der Waals surface area contributed by atoms with Crippen molar-refractivity contribution >= 4 is 17.5 Å². The van der Waals surface area contributed by atoms with Crippen molar-refractivity contribution in [3.8, 4) is 0 Å². The molecule has 2 rings (SSSR count). The van der Waals surface area contributed by atoms with E-state index in [9.17, 15) is 9.59 Å². The monoisotopic (exact) mass is 288 g/mol. The van der Waals surface area contributed by atoms with Crippen molar-refractivity contribution in [3.63, 3.8) is 0 Å². The number of esters is 1. The number of ketones is 1. The second-order valence-corrected chi connectivity index (χ2v) is 5.01. The zero-order valence-corrected chi connectivity index (χ0v) is 12.6. The summed E-state index contributed by atoms with van der Waals surface area (Å²) in [6.07, 6.45) is 0.491. The summed E-state index contributed by atoms with van der Waals surface area (Å²) < 4.78 is 11.0. The van der Waals surface area contributed by atoms with Gasteiger partial charge in [0.15, 0.2) is 5.78 Å². The summed E-state index contributed by atoms with van der Waals surface area (Å²) in [7, 11) is 0. The molecule has 0 aromatic heterocycles. The molecule has 21 heavy (non-hydrogen) atoms. The van der Waals surface area contributed by atoms with E-state index in [0.717, 1.165) is 5.56 Å². The predicted molar refractivity (Wildman–Crippen MR) is 79.3 cm³/mol. The van der Waals surface area contributed by atoms with E-state index >= 15 is 0 Å². The van der Waals surface area contributed by atoms with Crippen molar-refractivity contribution in [1.29, 1.82) is 0 Å². The molecule has 1 aliphatic rings. The van der Waals surface area contributed by atoms with Crippen LogP contribution < -0.4 is 0 Å². The van der Waals surface area contributed by atoms with E-state index in [4.69, 9.17) is 9.47 Å². The Hall–Kier alpha value is -2.10. The van der Waals surface area contributed by atoms with Gasteiger partial charge >= 0.3 is 5.97 Å². The Morgan fingerprint density at radius 2 is 1.90 bits per heavy atom. The molecule has 4 nitrogen and oxygen atoms in total. The van der Waals surface area contributed by atoms with Crippen LogP contribution in [-0.2, 0) is 19.1 Å². The minimum atomic E-state index is -0.609. The standard InChI is InChI=1S/C17H20O4/c1-4-13-11(3)15(18)14(17(19)20-5-2)16(21-13)12-9-7-6-8-10-12/h6-11,13H,4-5H2,1-3H3/t11-,13-/m0/s1. The highest BCUT2D eigenvalue weighted by molar-refractivity contribution is 6.23. The van der Waals surface area contributed by atoms with Crippen LogP contribution in [0.5, 0.6) is 0 Å². The third kappa shape index (κ3) is 2.99. The summed E-state index contributed by atoms with van der Waals surface area (Å²) in [5.41, 5.74) is 0.750. The van der Waals surface area contributed by atoms with E-state index in [2.05, 4.69) is 0 Å². The van der Waals surface area contributed by atoms with Gasteiger partial charge in [-0.3, -0.25) is 4.79 Å². The lowest BCUT2D eigenvalue weighted by atomic mass is 9.88. The van der Waals surface area contributed by atoms with Gasteiger partial charge in [-0.1, -0.05) is 44.2 Å². The van der Waals surface area contributed by atoms with E-state index in [1.807, 2.05) is 37.3 Å². The van der Waals surface area contributed by atoms with Gasteiger partial charge in [-0.2, -0.15) is 0 Å². The third-order valence-electron chi connectivity index (χ3n) is 3.63. The molecule has 1 aliphatic heterocycles. The van der Waals surface area contributed by atoms with E-state index in [1.165, 1.54) is 0 Å². The van der Waals surface area contributed by atoms with Crippen molar-refractivity contribution in [3.05, 3.63) is 41.5 Å². The molecule has 0 saturated heterocycles. The van der Waals surface area contributed by atoms with Gasteiger partial charge in [0, 0.05) is 5.56 Å². The topological polar surface area (TPSA) is 52.6 Å². The summed E-state index contributed by atoms with van der Waals surface area (Å²) in [6.45, 7) is 5.69. The molecule has 1 heterocycles. The smallest absolute Gasteiger partial charge is 0.345 e. The van der Waals surface area contributed by atoms with E-state index in [0.29, 0.717) is 12.2 Å². The molecule has 0 bridgehead atoms. The van der Waals surface area contributed by atoms with Crippen LogP contribution in [0.1, 0.15) is 32.8 Å². The molecule has 0 aliphatic carbocycles. The maximum atomic E-state index is 12.6. The second kappa shape index (κ2) is 6.57. The summed E-state index contributed by atoms with van der Waals surface area (Å²) in [6, 6.07) is 9.21. The molecule has 4 heteroatoms. The van der Waals surface area contributed by atoms with Gasteiger partial charge < -0.3 is 9.47 Å². The highest BCUT2D eigenvalue weighted by Gasteiger charge is 2.39. The van der Waals surface area contributed by atoms with Crippen LogP contribution in [0.15, 0.2) is 35.9 Å². The largest absolute Gasteiger partial charge is 0.488 e. The molecule has 0 saturated carbocycles. The minimum Gasteiger partial charge on any atom is -0.488 e. The lowest BCUT2D eigenvalue weighted by Crippen LogP contribution is -2.37. The van der Waals surface area contributed by atoms with Crippen LogP contribution in [0, 0.1) is 5.92 Å². The fourth-order valence-electron chi connectivity index (χ4n) is 2.46. The molecular formula is C17H20O4. The first kappa shape index (κ1) is 15.3. The number of carbonyl (C=O) groups excluding carboxylic acids is 2. The molecule has 2 atom stereocenters. The molecule has 0 radical (unpaired) electrons. The maximum Gasteiger partial charge on any atom is 0.345 e. The number of carbonyl (C=O) groups is 2. The lowest BCUT2D eigenvalue weighted by molar-refractivity contribution is -0.141. The van der Waals surface area contributed by atoms with Crippen molar-refractivity contribution < 1.29 is 19.1 Å². The zero-order chi connectivity index (χ0) is 15.4. The van der Waals surface area contributed by atoms with Gasteiger partial charge in [-0.25, -0.2) is 4.79 Å². The van der Waals surface area contributed by atoms with Gasteiger partial charge in [-0.15, -0.1) is 0 Å². The quantitative estimate of drug-likeness (QED) is 0.631. The minimum absolute atomic E-state index is 0.0280. The first-order chi connectivity index (χ1) is 10.1. The van der Waals surface area contributed by atoms with Crippen LogP contribution >= 0.6 is 0 Å². The second-order valence-electron chi connectivity index (χ2n) is 5.01. The summed E-state index contributed by atoms with van der Waals surface area (Å²) in [4.78, 5) is 24.7. The highest BCUT2D eigenvalue weighted by atomic mass is 16.5. The van der Waals surface area contributed by atoms with Crippen LogP contribution in [0.2, 0.25) is 0 Å². The molecule has 1 aromatic rings. The summed E-state index contributed by atoms with van der Waals surface area (Å²) in [5, 5.41) is 0. The predicted octanol–water partition coefficient (Wildman–Crippen LogP) is 2.97. The Bertz CT molecular complexity index is 559. The van der Waals surface area contributed by atoms with Crippen molar-refractivity contribution in [2.75, 3.05) is 6.61 Å². The van der Waals surface area contributed by atoms with Crippen LogP contribution in [0.3, 0.4) is 0 Å². The van der Waals surface area contributed by atoms with E-state index in [-0.39, 0.29) is 30.0 Å². The molecule has 112 valence electrons. The van der Waals surface area contributed by atoms with Gasteiger partial charge in [0.2, 0.25) is 0 Å². The molecular weight excluding hydrogens is 268 g/mol. The summed E-state index contributed by atoms with van der Waals surface area (Å²) in [5.74, 6) is -0.820. The third-order valence-corrected chi connectivity index (χ3v) is 3.63. The lowest BCUT2D eigenvalue weighted by Gasteiger charge is -2.31. The van der Waals surface area contributed by atoms with Crippen LogP contribution in [0.4, 0.5) is 0 Å². The maximum absolute atomic E-state index is 12.6. The average Bonchev–Trinajstić information content (AvgIpc) is 2.50. The number of benzene rings is 1. The molecule has 0 N–H and O–H groups in total. The highest BCUT2D eigenvalue weighted by Crippen LogP contribution is 2.33. The number of hydrogen-bond donors (Lipinski definition) is 0. The van der Waals surface area contributed by atoms with Crippen LogP contribution in [-0.4, -0.2) is 24.5 Å². The summed E-state index contributed by atoms with van der Waals surface area (Å²) >= 11 is 0. The fraction of sp³-hybridized carbons (Fsp3) is 0.412. The zero-order valence-electron chi connectivity index (χ0n) is 12.6.